The standard InChI is InChI=1S/C14H17NO3/c1-11(2)8-15(9-13-4-3-6-18-13)14(16)12-5-7-17-10-12/h3-7,10-11H,8-9H2,1-2H3. The van der Waals surface area contributed by atoms with Crippen LogP contribution in [0.1, 0.15) is 30.0 Å². The summed E-state index contributed by atoms with van der Waals surface area (Å²) in [5.41, 5.74) is 0.571. The lowest BCUT2D eigenvalue weighted by molar-refractivity contribution is 0.0709. The minimum atomic E-state index is -0.0335. The molecule has 96 valence electrons. The Balaban J connectivity index is 2.12. The van der Waals surface area contributed by atoms with Crippen LogP contribution in [0.25, 0.3) is 0 Å². The van der Waals surface area contributed by atoms with E-state index >= 15 is 0 Å². The van der Waals surface area contributed by atoms with Gasteiger partial charge in [0.05, 0.1) is 24.6 Å². The van der Waals surface area contributed by atoms with Crippen molar-refractivity contribution < 1.29 is 13.6 Å². The summed E-state index contributed by atoms with van der Waals surface area (Å²) in [4.78, 5) is 14.1. The van der Waals surface area contributed by atoms with E-state index in [0.717, 1.165) is 5.76 Å². The smallest absolute Gasteiger partial charge is 0.257 e. The van der Waals surface area contributed by atoms with Gasteiger partial charge in [-0.1, -0.05) is 13.8 Å². The minimum Gasteiger partial charge on any atom is -0.472 e. The minimum absolute atomic E-state index is 0.0335. The zero-order chi connectivity index (χ0) is 13.0. The quantitative estimate of drug-likeness (QED) is 0.815. The fourth-order valence-electron chi connectivity index (χ4n) is 1.82. The van der Waals surface area contributed by atoms with Crippen molar-refractivity contribution in [2.75, 3.05) is 6.54 Å². The van der Waals surface area contributed by atoms with Gasteiger partial charge in [0.25, 0.3) is 5.91 Å². The summed E-state index contributed by atoms with van der Waals surface area (Å²) >= 11 is 0. The maximum atomic E-state index is 12.3. The Bertz CT molecular complexity index is 471. The third-order valence-electron chi connectivity index (χ3n) is 2.57. The maximum Gasteiger partial charge on any atom is 0.257 e. The number of furan rings is 2. The molecular weight excluding hydrogens is 230 g/mol. The van der Waals surface area contributed by atoms with Crippen molar-refractivity contribution in [3.63, 3.8) is 0 Å². The summed E-state index contributed by atoms with van der Waals surface area (Å²) in [5.74, 6) is 1.15. The molecule has 0 spiro atoms. The van der Waals surface area contributed by atoms with E-state index in [9.17, 15) is 4.79 Å². The molecule has 0 unspecified atom stereocenters. The first kappa shape index (κ1) is 12.5. The van der Waals surface area contributed by atoms with Crippen molar-refractivity contribution in [1.29, 1.82) is 0 Å². The average Bonchev–Trinajstić information content (AvgIpc) is 2.99. The molecule has 2 aromatic heterocycles. The predicted octanol–water partition coefficient (Wildman–Crippen LogP) is 3.17. The van der Waals surface area contributed by atoms with E-state index in [1.165, 1.54) is 12.5 Å². The van der Waals surface area contributed by atoms with Crippen LogP contribution in [0.5, 0.6) is 0 Å². The summed E-state index contributed by atoms with van der Waals surface area (Å²) in [5, 5.41) is 0. The fourth-order valence-corrected chi connectivity index (χ4v) is 1.82. The number of rotatable bonds is 5. The molecule has 1 amide bonds. The first-order valence-electron chi connectivity index (χ1n) is 6.00. The van der Waals surface area contributed by atoms with Crippen LogP contribution in [0.3, 0.4) is 0 Å². The molecule has 0 atom stereocenters. The van der Waals surface area contributed by atoms with Crippen LogP contribution in [-0.4, -0.2) is 17.4 Å². The number of hydrogen-bond acceptors (Lipinski definition) is 3. The lowest BCUT2D eigenvalue weighted by Crippen LogP contribution is -2.33. The van der Waals surface area contributed by atoms with Crippen molar-refractivity contribution >= 4 is 5.91 Å². The van der Waals surface area contributed by atoms with Crippen LogP contribution in [0, 0.1) is 5.92 Å². The van der Waals surface area contributed by atoms with Crippen molar-refractivity contribution in [2.24, 2.45) is 5.92 Å². The average molecular weight is 247 g/mol. The van der Waals surface area contributed by atoms with E-state index < -0.39 is 0 Å². The zero-order valence-corrected chi connectivity index (χ0v) is 10.6. The van der Waals surface area contributed by atoms with Crippen molar-refractivity contribution in [3.8, 4) is 0 Å². The molecule has 4 heteroatoms. The van der Waals surface area contributed by atoms with Gasteiger partial charge in [0.2, 0.25) is 0 Å². The molecule has 0 fully saturated rings. The highest BCUT2D eigenvalue weighted by Crippen LogP contribution is 2.13. The summed E-state index contributed by atoms with van der Waals surface area (Å²) in [6.45, 7) is 5.33. The van der Waals surface area contributed by atoms with E-state index in [1.54, 1.807) is 17.2 Å². The summed E-state index contributed by atoms with van der Waals surface area (Å²) < 4.78 is 10.3. The highest BCUT2D eigenvalue weighted by Gasteiger charge is 2.19. The van der Waals surface area contributed by atoms with E-state index in [-0.39, 0.29) is 5.91 Å². The summed E-state index contributed by atoms with van der Waals surface area (Å²) in [6.07, 6.45) is 4.59. The Labute approximate surface area is 106 Å². The van der Waals surface area contributed by atoms with E-state index in [2.05, 4.69) is 13.8 Å². The third kappa shape index (κ3) is 3.03. The van der Waals surface area contributed by atoms with Gasteiger partial charge in [0.1, 0.15) is 12.0 Å². The largest absolute Gasteiger partial charge is 0.472 e. The Morgan fingerprint density at radius 1 is 1.33 bits per heavy atom. The molecule has 0 N–H and O–H groups in total. The van der Waals surface area contributed by atoms with Gasteiger partial charge in [0.15, 0.2) is 0 Å². The van der Waals surface area contributed by atoms with Gasteiger partial charge >= 0.3 is 0 Å². The van der Waals surface area contributed by atoms with E-state index in [4.69, 9.17) is 8.83 Å². The molecule has 18 heavy (non-hydrogen) atoms. The molecule has 0 bridgehead atoms. The van der Waals surface area contributed by atoms with Gasteiger partial charge in [-0.2, -0.15) is 0 Å². The molecule has 0 aliphatic heterocycles. The van der Waals surface area contributed by atoms with Crippen LogP contribution >= 0.6 is 0 Å². The van der Waals surface area contributed by atoms with Crippen LogP contribution in [0.15, 0.2) is 45.8 Å². The Morgan fingerprint density at radius 2 is 2.17 bits per heavy atom. The SMILES string of the molecule is CC(C)CN(Cc1ccco1)C(=O)c1ccoc1. The maximum absolute atomic E-state index is 12.3. The van der Waals surface area contributed by atoms with Gasteiger partial charge in [-0.25, -0.2) is 0 Å². The Kier molecular flexibility index (Phi) is 3.87. The van der Waals surface area contributed by atoms with Crippen LogP contribution < -0.4 is 0 Å². The topological polar surface area (TPSA) is 46.6 Å². The highest BCUT2D eigenvalue weighted by atomic mass is 16.3. The number of hydrogen-bond donors (Lipinski definition) is 0. The zero-order valence-electron chi connectivity index (χ0n) is 10.6. The summed E-state index contributed by atoms with van der Waals surface area (Å²) in [7, 11) is 0. The monoisotopic (exact) mass is 247 g/mol. The lowest BCUT2D eigenvalue weighted by atomic mass is 10.2. The predicted molar refractivity (Wildman–Crippen MR) is 67.0 cm³/mol. The van der Waals surface area contributed by atoms with Crippen LogP contribution in [-0.2, 0) is 6.54 Å². The Hall–Kier alpha value is -1.97. The van der Waals surface area contributed by atoms with Gasteiger partial charge < -0.3 is 13.7 Å². The van der Waals surface area contributed by atoms with Crippen LogP contribution in [0.2, 0.25) is 0 Å². The highest BCUT2D eigenvalue weighted by molar-refractivity contribution is 5.93. The molecule has 2 aromatic rings. The molecule has 0 radical (unpaired) electrons. The first-order valence-corrected chi connectivity index (χ1v) is 6.00. The summed E-state index contributed by atoms with van der Waals surface area (Å²) in [6, 6.07) is 5.37. The number of carbonyl (C=O) groups excluding carboxylic acids is 1. The Morgan fingerprint density at radius 3 is 2.72 bits per heavy atom. The first-order chi connectivity index (χ1) is 8.66. The normalized spacial score (nSPS) is 10.8. The second-order valence-corrected chi connectivity index (χ2v) is 4.67. The van der Waals surface area contributed by atoms with Gasteiger partial charge in [0, 0.05) is 6.54 Å². The number of amides is 1. The van der Waals surface area contributed by atoms with Crippen LogP contribution in [0.4, 0.5) is 0 Å². The molecular formula is C14H17NO3. The van der Waals surface area contributed by atoms with Crippen molar-refractivity contribution in [3.05, 3.63) is 48.3 Å². The molecule has 0 aliphatic carbocycles. The third-order valence-corrected chi connectivity index (χ3v) is 2.57. The second kappa shape index (κ2) is 5.58. The molecule has 0 aliphatic rings. The van der Waals surface area contributed by atoms with Crippen molar-refractivity contribution in [1.82, 2.24) is 4.90 Å². The molecule has 2 rings (SSSR count). The van der Waals surface area contributed by atoms with Gasteiger partial charge in [-0.3, -0.25) is 4.79 Å². The van der Waals surface area contributed by atoms with Gasteiger partial charge in [-0.05, 0) is 24.1 Å². The molecule has 0 aromatic carbocycles. The molecule has 2 heterocycles. The van der Waals surface area contributed by atoms with E-state index in [1.807, 2.05) is 12.1 Å². The molecule has 0 saturated carbocycles. The number of nitrogens with zero attached hydrogens (tertiary/aromatic N) is 1. The molecule has 4 nitrogen and oxygen atoms in total. The van der Waals surface area contributed by atoms with E-state index in [0.29, 0.717) is 24.6 Å². The van der Waals surface area contributed by atoms with Crippen molar-refractivity contribution in [2.45, 2.75) is 20.4 Å². The van der Waals surface area contributed by atoms with Gasteiger partial charge in [-0.15, -0.1) is 0 Å². The second-order valence-electron chi connectivity index (χ2n) is 4.67. The molecule has 0 saturated heterocycles. The fraction of sp³-hybridized carbons (Fsp3) is 0.357. The lowest BCUT2D eigenvalue weighted by Gasteiger charge is -2.23. The number of carbonyl (C=O) groups is 1.